The molecule has 0 aromatic heterocycles. The minimum atomic E-state index is -0.638. The highest BCUT2D eigenvalue weighted by atomic mass is 16.3. The quantitative estimate of drug-likeness (QED) is 0.353. The van der Waals surface area contributed by atoms with Crippen molar-refractivity contribution in [3.05, 3.63) is 76.4 Å². The van der Waals surface area contributed by atoms with Crippen LogP contribution in [0, 0.1) is 17.8 Å². The molecule has 6 heteroatoms. The Morgan fingerprint density at radius 1 is 1.05 bits per heavy atom. The Kier molecular flexibility index (Phi) is 6.09. The molecule has 1 aromatic rings. The molecule has 6 nitrogen and oxygen atoms in total. The number of fused-ring (bicyclic) bond motifs is 3. The van der Waals surface area contributed by atoms with Gasteiger partial charge in [-0.2, -0.15) is 0 Å². The van der Waals surface area contributed by atoms with Crippen LogP contribution in [0.1, 0.15) is 68.9 Å². The van der Waals surface area contributed by atoms with E-state index in [1.165, 1.54) is 6.08 Å². The lowest BCUT2D eigenvalue weighted by atomic mass is 9.59. The minimum Gasteiger partial charge on any atom is -0.507 e. The monoisotopic (exact) mass is 511 g/mol. The Morgan fingerprint density at radius 3 is 2.55 bits per heavy atom. The number of amides is 2. The number of likely N-dealkylation sites (tertiary alicyclic amines) is 1. The van der Waals surface area contributed by atoms with Crippen molar-refractivity contribution in [2.45, 2.75) is 70.3 Å². The fraction of sp³-hybridized carbons (Fsp3) is 0.438. The van der Waals surface area contributed by atoms with Gasteiger partial charge in [0.15, 0.2) is 11.6 Å². The topological polar surface area (TPSA) is 91.8 Å². The number of carbonyl (C=O) groups is 4. The number of ketones is 2. The highest BCUT2D eigenvalue weighted by molar-refractivity contribution is 6.24. The molecule has 1 saturated carbocycles. The molecule has 1 heterocycles. The van der Waals surface area contributed by atoms with E-state index in [9.17, 15) is 24.3 Å². The number of hydrogen-bond donors (Lipinski definition) is 1. The van der Waals surface area contributed by atoms with Crippen molar-refractivity contribution < 1.29 is 24.3 Å². The van der Waals surface area contributed by atoms with Gasteiger partial charge in [-0.1, -0.05) is 55.2 Å². The zero-order valence-electron chi connectivity index (χ0n) is 21.7. The largest absolute Gasteiger partial charge is 0.507 e. The molecular formula is C32H33NO5. The number of para-hydroxylation sites is 1. The van der Waals surface area contributed by atoms with Crippen LogP contribution in [0.2, 0.25) is 0 Å². The SMILES string of the molecule is C=CCc1cccc([C@H]2C3=CC[C@@H]4C(=O)N(C5CCCCC5)C(=O)[C@@H]4[C@@H]3CC3=C2C(=O)C(C)=CC3=O)c1O. The van der Waals surface area contributed by atoms with Crippen LogP contribution in [0.25, 0.3) is 0 Å². The van der Waals surface area contributed by atoms with Crippen molar-refractivity contribution in [3.8, 4) is 5.75 Å². The molecule has 1 aliphatic heterocycles. The van der Waals surface area contributed by atoms with Crippen molar-refractivity contribution in [1.82, 2.24) is 4.90 Å². The lowest BCUT2D eigenvalue weighted by Gasteiger charge is -2.42. The predicted octanol–water partition coefficient (Wildman–Crippen LogP) is 4.88. The predicted molar refractivity (Wildman–Crippen MR) is 142 cm³/mol. The highest BCUT2D eigenvalue weighted by Crippen LogP contribution is 2.56. The van der Waals surface area contributed by atoms with Gasteiger partial charge < -0.3 is 5.11 Å². The molecule has 38 heavy (non-hydrogen) atoms. The van der Waals surface area contributed by atoms with Crippen molar-refractivity contribution in [3.63, 3.8) is 0 Å². The van der Waals surface area contributed by atoms with Crippen molar-refractivity contribution >= 4 is 23.4 Å². The lowest BCUT2D eigenvalue weighted by molar-refractivity contribution is -0.143. The molecule has 0 radical (unpaired) electrons. The number of aromatic hydroxyl groups is 1. The van der Waals surface area contributed by atoms with Gasteiger partial charge in [-0.25, -0.2) is 0 Å². The molecule has 0 spiro atoms. The number of phenols is 1. The van der Waals surface area contributed by atoms with E-state index in [0.717, 1.165) is 37.7 Å². The van der Waals surface area contributed by atoms with Crippen molar-refractivity contribution in [1.29, 1.82) is 0 Å². The molecule has 1 saturated heterocycles. The third-order valence-electron chi connectivity index (χ3n) is 9.36. The van der Waals surface area contributed by atoms with E-state index in [1.807, 2.05) is 18.2 Å². The summed E-state index contributed by atoms with van der Waals surface area (Å²) in [6, 6.07) is 5.42. The number of rotatable bonds is 4. The van der Waals surface area contributed by atoms with Gasteiger partial charge in [-0.3, -0.25) is 24.1 Å². The first kappa shape index (κ1) is 24.8. The fourth-order valence-corrected chi connectivity index (χ4v) is 7.60. The second-order valence-corrected chi connectivity index (χ2v) is 11.4. The van der Waals surface area contributed by atoms with Crippen LogP contribution < -0.4 is 0 Å². The molecule has 5 aliphatic rings. The smallest absolute Gasteiger partial charge is 0.233 e. The van der Waals surface area contributed by atoms with Crippen LogP contribution >= 0.6 is 0 Å². The standard InChI is InChI=1S/C32H33NO5/c1-3-8-18-9-7-12-21(30(18)36)26-20-13-14-22-27(32(38)33(31(22)37)19-10-5-4-6-11-19)23(20)16-24-25(34)15-17(2)29(35)28(24)26/h3,7,9,12-13,15,19,22-23,26-27,36H,1,4-6,8,10-11,14,16H2,2H3/t22-,23+,26+,27-/m0/s1. The Hall–Kier alpha value is -3.54. The summed E-state index contributed by atoms with van der Waals surface area (Å²) < 4.78 is 0. The van der Waals surface area contributed by atoms with E-state index >= 15 is 0 Å². The third-order valence-corrected chi connectivity index (χ3v) is 9.36. The van der Waals surface area contributed by atoms with Crippen molar-refractivity contribution in [2.75, 3.05) is 0 Å². The highest BCUT2D eigenvalue weighted by Gasteiger charge is 2.57. The summed E-state index contributed by atoms with van der Waals surface area (Å²) >= 11 is 0. The second kappa shape index (κ2) is 9.33. The minimum absolute atomic E-state index is 0.0462. The maximum atomic E-state index is 13.9. The van der Waals surface area contributed by atoms with E-state index in [-0.39, 0.29) is 47.5 Å². The van der Waals surface area contributed by atoms with E-state index < -0.39 is 17.8 Å². The van der Waals surface area contributed by atoms with Crippen LogP contribution in [-0.4, -0.2) is 39.4 Å². The molecule has 2 amide bonds. The summed E-state index contributed by atoms with van der Waals surface area (Å²) in [5, 5.41) is 11.3. The van der Waals surface area contributed by atoms with Gasteiger partial charge in [0.1, 0.15) is 5.75 Å². The number of allylic oxidation sites excluding steroid dienone is 7. The van der Waals surface area contributed by atoms with Gasteiger partial charge in [0, 0.05) is 34.2 Å². The number of phenolic OH excluding ortho intramolecular Hbond substituents is 1. The zero-order chi connectivity index (χ0) is 26.7. The molecule has 2 fully saturated rings. The summed E-state index contributed by atoms with van der Waals surface area (Å²) in [6.45, 7) is 5.43. The number of benzene rings is 1. The molecule has 0 bridgehead atoms. The van der Waals surface area contributed by atoms with Gasteiger partial charge >= 0.3 is 0 Å². The molecule has 6 rings (SSSR count). The molecule has 4 atom stereocenters. The van der Waals surface area contributed by atoms with Gasteiger partial charge in [-0.05, 0) is 56.6 Å². The van der Waals surface area contributed by atoms with Crippen LogP contribution in [0.15, 0.2) is 65.3 Å². The van der Waals surface area contributed by atoms with Crippen LogP contribution in [0.4, 0.5) is 0 Å². The molecule has 1 aromatic carbocycles. The first-order valence-corrected chi connectivity index (χ1v) is 13.8. The summed E-state index contributed by atoms with van der Waals surface area (Å²) in [5.41, 5.74) is 3.32. The van der Waals surface area contributed by atoms with E-state index in [0.29, 0.717) is 40.7 Å². The number of Topliss-reactive ketones (excluding diaryl/α,β-unsaturated/α-hetero) is 1. The number of imide groups is 1. The fourth-order valence-electron chi connectivity index (χ4n) is 7.60. The Labute approximate surface area is 222 Å². The molecule has 196 valence electrons. The Bertz CT molecular complexity index is 1370. The van der Waals surface area contributed by atoms with Crippen LogP contribution in [-0.2, 0) is 25.6 Å². The average molecular weight is 512 g/mol. The maximum Gasteiger partial charge on any atom is 0.233 e. The van der Waals surface area contributed by atoms with Crippen LogP contribution in [0.5, 0.6) is 5.75 Å². The zero-order valence-corrected chi connectivity index (χ0v) is 21.7. The van der Waals surface area contributed by atoms with E-state index in [4.69, 9.17) is 0 Å². The third kappa shape index (κ3) is 3.60. The summed E-state index contributed by atoms with van der Waals surface area (Å²) in [6.07, 6.45) is 11.1. The van der Waals surface area contributed by atoms with Crippen LogP contribution in [0.3, 0.4) is 0 Å². The average Bonchev–Trinajstić information content (AvgIpc) is 3.18. The Morgan fingerprint density at radius 2 is 1.82 bits per heavy atom. The number of hydrogen-bond acceptors (Lipinski definition) is 5. The van der Waals surface area contributed by atoms with Gasteiger partial charge in [0.05, 0.1) is 11.8 Å². The van der Waals surface area contributed by atoms with Gasteiger partial charge in [0.2, 0.25) is 11.8 Å². The van der Waals surface area contributed by atoms with Gasteiger partial charge in [-0.15, -0.1) is 6.58 Å². The first-order valence-electron chi connectivity index (χ1n) is 13.8. The maximum absolute atomic E-state index is 13.9. The molecule has 1 N–H and O–H groups in total. The van der Waals surface area contributed by atoms with Crippen molar-refractivity contribution in [2.24, 2.45) is 17.8 Å². The number of carbonyl (C=O) groups excluding carboxylic acids is 4. The lowest BCUT2D eigenvalue weighted by Crippen LogP contribution is -2.43. The van der Waals surface area contributed by atoms with E-state index in [2.05, 4.69) is 6.58 Å². The normalized spacial score (nSPS) is 29.6. The Balaban J connectivity index is 1.48. The summed E-state index contributed by atoms with van der Waals surface area (Å²) in [4.78, 5) is 55.9. The molecule has 4 aliphatic carbocycles. The van der Waals surface area contributed by atoms with E-state index in [1.54, 1.807) is 24.0 Å². The second-order valence-electron chi connectivity index (χ2n) is 11.4. The van der Waals surface area contributed by atoms with Gasteiger partial charge in [0.25, 0.3) is 0 Å². The molecule has 0 unspecified atom stereocenters. The molecular weight excluding hydrogens is 478 g/mol. The number of nitrogens with zero attached hydrogens (tertiary/aromatic N) is 1. The summed E-state index contributed by atoms with van der Waals surface area (Å²) in [7, 11) is 0. The summed E-state index contributed by atoms with van der Waals surface area (Å²) in [5.74, 6) is -2.54. The first-order chi connectivity index (χ1) is 18.3.